The van der Waals surface area contributed by atoms with Crippen molar-refractivity contribution in [2.45, 2.75) is 19.4 Å². The van der Waals surface area contributed by atoms with Crippen LogP contribution >= 0.6 is 11.3 Å². The molecule has 128 valence electrons. The smallest absolute Gasteiger partial charge is 0.317 e. The summed E-state index contributed by atoms with van der Waals surface area (Å²) >= 11 is 1.80. The maximum atomic E-state index is 12.2. The Hall–Kier alpha value is -1.85. The van der Waals surface area contributed by atoms with Crippen molar-refractivity contribution in [3.63, 3.8) is 0 Å². The zero-order valence-corrected chi connectivity index (χ0v) is 14.8. The third-order valence-electron chi connectivity index (χ3n) is 4.38. The van der Waals surface area contributed by atoms with Crippen LogP contribution in [-0.2, 0) is 13.0 Å². The van der Waals surface area contributed by atoms with Gasteiger partial charge in [-0.3, -0.25) is 4.90 Å². The fourth-order valence-electron chi connectivity index (χ4n) is 2.98. The van der Waals surface area contributed by atoms with Crippen molar-refractivity contribution >= 4 is 17.4 Å². The summed E-state index contributed by atoms with van der Waals surface area (Å²) in [4.78, 5) is 18.0. The minimum atomic E-state index is 0.0823. The second-order valence-electron chi connectivity index (χ2n) is 6.16. The highest BCUT2D eigenvalue weighted by Gasteiger charge is 2.20. The molecule has 2 amide bonds. The van der Waals surface area contributed by atoms with Crippen LogP contribution in [0.15, 0.2) is 47.8 Å². The Bertz CT molecular complexity index is 607. The quantitative estimate of drug-likeness (QED) is 0.818. The molecular weight excluding hydrogens is 318 g/mol. The van der Waals surface area contributed by atoms with Crippen molar-refractivity contribution in [1.29, 1.82) is 0 Å². The zero-order chi connectivity index (χ0) is 16.6. The molecule has 0 saturated carbocycles. The van der Waals surface area contributed by atoms with Gasteiger partial charge in [0.1, 0.15) is 0 Å². The summed E-state index contributed by atoms with van der Waals surface area (Å²) in [5.41, 5.74) is 1.33. The Morgan fingerprint density at radius 2 is 1.83 bits per heavy atom. The number of nitrogens with one attached hydrogen (secondary N) is 1. The summed E-state index contributed by atoms with van der Waals surface area (Å²) in [6, 6.07) is 14.8. The first-order valence-electron chi connectivity index (χ1n) is 8.63. The van der Waals surface area contributed by atoms with Crippen molar-refractivity contribution in [3.05, 3.63) is 58.3 Å². The molecule has 5 heteroatoms. The third-order valence-corrected chi connectivity index (χ3v) is 5.24. The predicted octanol–water partition coefficient (Wildman–Crippen LogP) is 3.21. The molecule has 0 bridgehead atoms. The van der Waals surface area contributed by atoms with Gasteiger partial charge in [-0.2, -0.15) is 0 Å². The summed E-state index contributed by atoms with van der Waals surface area (Å²) in [7, 11) is 0. The second-order valence-corrected chi connectivity index (χ2v) is 7.20. The average Bonchev–Trinajstić information content (AvgIpc) is 3.13. The first-order valence-corrected chi connectivity index (χ1v) is 9.51. The average molecular weight is 343 g/mol. The van der Waals surface area contributed by atoms with Gasteiger partial charge in [-0.1, -0.05) is 36.4 Å². The number of urea groups is 1. The van der Waals surface area contributed by atoms with E-state index in [9.17, 15) is 4.79 Å². The fourth-order valence-corrected chi connectivity index (χ4v) is 3.72. The molecule has 1 saturated heterocycles. The molecule has 1 aliphatic heterocycles. The highest BCUT2D eigenvalue weighted by atomic mass is 32.1. The Kier molecular flexibility index (Phi) is 6.26. The topological polar surface area (TPSA) is 35.6 Å². The molecule has 1 aliphatic rings. The van der Waals surface area contributed by atoms with E-state index in [1.807, 2.05) is 11.0 Å². The van der Waals surface area contributed by atoms with Crippen LogP contribution in [0.5, 0.6) is 0 Å². The molecule has 2 aromatic rings. The Labute approximate surface area is 148 Å². The normalized spacial score (nSPS) is 15.4. The monoisotopic (exact) mass is 343 g/mol. The number of hydrogen-bond donors (Lipinski definition) is 1. The maximum Gasteiger partial charge on any atom is 0.317 e. The number of benzene rings is 1. The third kappa shape index (κ3) is 5.08. The lowest BCUT2D eigenvalue weighted by Gasteiger charge is -2.34. The molecule has 1 N–H and O–H groups in total. The predicted molar refractivity (Wildman–Crippen MR) is 99.3 cm³/mol. The van der Waals surface area contributed by atoms with E-state index in [0.717, 1.165) is 52.1 Å². The van der Waals surface area contributed by atoms with Gasteiger partial charge >= 0.3 is 6.03 Å². The number of hydrogen-bond acceptors (Lipinski definition) is 3. The van der Waals surface area contributed by atoms with E-state index in [1.165, 1.54) is 10.4 Å². The number of aryl methyl sites for hydroxylation is 1. The number of thiophene rings is 1. The number of amides is 2. The van der Waals surface area contributed by atoms with Crippen molar-refractivity contribution < 1.29 is 4.79 Å². The first-order chi connectivity index (χ1) is 11.8. The van der Waals surface area contributed by atoms with E-state index in [2.05, 4.69) is 52.0 Å². The zero-order valence-electron chi connectivity index (χ0n) is 14.0. The van der Waals surface area contributed by atoms with Gasteiger partial charge in [-0.25, -0.2) is 4.79 Å². The van der Waals surface area contributed by atoms with Gasteiger partial charge < -0.3 is 10.2 Å². The van der Waals surface area contributed by atoms with E-state index in [4.69, 9.17) is 0 Å². The van der Waals surface area contributed by atoms with Gasteiger partial charge in [0, 0.05) is 44.1 Å². The molecule has 2 heterocycles. The summed E-state index contributed by atoms with van der Waals surface area (Å²) in [5.74, 6) is 0. The lowest BCUT2D eigenvalue weighted by atomic mass is 10.1. The molecule has 0 aliphatic carbocycles. The molecule has 24 heavy (non-hydrogen) atoms. The molecule has 0 atom stereocenters. The molecule has 0 radical (unpaired) electrons. The van der Waals surface area contributed by atoms with Crippen LogP contribution in [0.3, 0.4) is 0 Å². The van der Waals surface area contributed by atoms with Crippen molar-refractivity contribution in [3.8, 4) is 0 Å². The minimum Gasteiger partial charge on any atom is -0.338 e. The maximum absolute atomic E-state index is 12.2. The van der Waals surface area contributed by atoms with Crippen LogP contribution in [0.2, 0.25) is 0 Å². The molecule has 1 fully saturated rings. The highest BCUT2D eigenvalue weighted by Crippen LogP contribution is 2.13. The lowest BCUT2D eigenvalue weighted by Crippen LogP contribution is -2.51. The Balaban J connectivity index is 1.32. The SMILES string of the molecule is O=C(NCCCc1ccccc1)N1CCN(Cc2cccs2)CC1. The van der Waals surface area contributed by atoms with Crippen LogP contribution in [0.25, 0.3) is 0 Å². The number of nitrogens with zero attached hydrogens (tertiary/aromatic N) is 2. The van der Waals surface area contributed by atoms with Gasteiger partial charge in [0.15, 0.2) is 0 Å². The van der Waals surface area contributed by atoms with E-state index in [0.29, 0.717) is 0 Å². The van der Waals surface area contributed by atoms with Crippen LogP contribution in [0.1, 0.15) is 16.9 Å². The second kappa shape index (κ2) is 8.85. The number of piperazine rings is 1. The van der Waals surface area contributed by atoms with Gasteiger partial charge in [-0.05, 0) is 29.9 Å². The van der Waals surface area contributed by atoms with E-state index in [-0.39, 0.29) is 6.03 Å². The van der Waals surface area contributed by atoms with Crippen molar-refractivity contribution in [2.24, 2.45) is 0 Å². The van der Waals surface area contributed by atoms with Crippen molar-refractivity contribution in [2.75, 3.05) is 32.7 Å². The van der Waals surface area contributed by atoms with Gasteiger partial charge in [0.25, 0.3) is 0 Å². The minimum absolute atomic E-state index is 0.0823. The Morgan fingerprint density at radius 1 is 1.04 bits per heavy atom. The molecule has 4 nitrogen and oxygen atoms in total. The van der Waals surface area contributed by atoms with Gasteiger partial charge in [-0.15, -0.1) is 11.3 Å². The molecule has 1 aromatic carbocycles. The molecule has 1 aromatic heterocycles. The summed E-state index contributed by atoms with van der Waals surface area (Å²) in [6.07, 6.45) is 1.99. The van der Waals surface area contributed by atoms with Gasteiger partial charge in [0.2, 0.25) is 0 Å². The lowest BCUT2D eigenvalue weighted by molar-refractivity contribution is 0.136. The first kappa shape index (κ1) is 17.0. The largest absolute Gasteiger partial charge is 0.338 e. The summed E-state index contributed by atoms with van der Waals surface area (Å²) in [6.45, 7) is 5.28. The number of carbonyl (C=O) groups excluding carboxylic acids is 1. The summed E-state index contributed by atoms with van der Waals surface area (Å²) in [5, 5.41) is 5.17. The summed E-state index contributed by atoms with van der Waals surface area (Å²) < 4.78 is 0. The van der Waals surface area contributed by atoms with E-state index < -0.39 is 0 Å². The number of carbonyl (C=O) groups is 1. The molecule has 3 rings (SSSR count). The molecular formula is C19H25N3OS. The molecule has 0 unspecified atom stereocenters. The standard InChI is InChI=1S/C19H25N3OS/c23-19(20-10-4-8-17-6-2-1-3-7-17)22-13-11-21(12-14-22)16-18-9-5-15-24-18/h1-3,5-7,9,15H,4,8,10-14,16H2,(H,20,23). The van der Waals surface area contributed by atoms with Gasteiger partial charge in [0.05, 0.1) is 0 Å². The van der Waals surface area contributed by atoms with Crippen LogP contribution in [0.4, 0.5) is 4.79 Å². The molecule has 0 spiro atoms. The van der Waals surface area contributed by atoms with Crippen LogP contribution < -0.4 is 5.32 Å². The fraction of sp³-hybridized carbons (Fsp3) is 0.421. The van der Waals surface area contributed by atoms with E-state index >= 15 is 0 Å². The van der Waals surface area contributed by atoms with Crippen LogP contribution in [-0.4, -0.2) is 48.6 Å². The van der Waals surface area contributed by atoms with Crippen LogP contribution in [0, 0.1) is 0 Å². The van der Waals surface area contributed by atoms with E-state index in [1.54, 1.807) is 11.3 Å². The Morgan fingerprint density at radius 3 is 2.54 bits per heavy atom. The van der Waals surface area contributed by atoms with Crippen molar-refractivity contribution in [1.82, 2.24) is 15.1 Å². The number of rotatable bonds is 6. The highest BCUT2D eigenvalue weighted by molar-refractivity contribution is 7.09.